The summed E-state index contributed by atoms with van der Waals surface area (Å²) in [6.45, 7) is 5.64. The van der Waals surface area contributed by atoms with E-state index in [-0.39, 0.29) is 55.9 Å². The van der Waals surface area contributed by atoms with Crippen molar-refractivity contribution in [3.63, 3.8) is 0 Å². The van der Waals surface area contributed by atoms with Crippen molar-refractivity contribution in [1.29, 1.82) is 0 Å². The number of amides is 2. The number of hydrogen-bond donors (Lipinski definition) is 6. The first-order valence-electron chi connectivity index (χ1n) is 19.6. The standard InChI is InChI=1S/C44H54N6O6/c1-28(2)22-38(49-43(54)42(53)36(45)23-29-8-4-3-5-9-29)44(55)56-21-7-12-40(52)47-33-11-6-10-31(24-33)32-13-14-37-35(25-32)41-34(39(27-51)48-37)17-20-50(41)26-30-15-18-46-19-16-30/h3-6,8-11,13-16,18-19,24-25,28,34,36,38-39,41-42,48,51,53H,7,12,17,20-23,26-27,45H2,1-2H3,(H,47,52)(H,49,54)/t34-,36-,38+,39-,41-,42+/m1/s1. The smallest absolute Gasteiger partial charge is 0.328 e. The van der Waals surface area contributed by atoms with Crippen molar-refractivity contribution in [2.75, 3.05) is 30.4 Å². The number of aliphatic hydroxyl groups excluding tert-OH is 2. The number of aromatic nitrogens is 1. The van der Waals surface area contributed by atoms with Crippen LogP contribution >= 0.6 is 0 Å². The maximum atomic E-state index is 13.0. The number of benzene rings is 3. The van der Waals surface area contributed by atoms with Crippen molar-refractivity contribution >= 4 is 29.2 Å². The molecule has 1 fully saturated rings. The summed E-state index contributed by atoms with van der Waals surface area (Å²) < 4.78 is 5.48. The van der Waals surface area contributed by atoms with Crippen molar-refractivity contribution in [2.45, 2.75) is 82.8 Å². The number of aliphatic hydroxyl groups is 2. The molecule has 56 heavy (non-hydrogen) atoms. The summed E-state index contributed by atoms with van der Waals surface area (Å²) in [5.74, 6) is -1.23. The van der Waals surface area contributed by atoms with E-state index in [0.29, 0.717) is 18.5 Å². The lowest BCUT2D eigenvalue weighted by molar-refractivity contribution is -0.149. The molecule has 12 heteroatoms. The molecule has 296 valence electrons. The van der Waals surface area contributed by atoms with Crippen LogP contribution in [0.3, 0.4) is 0 Å². The maximum absolute atomic E-state index is 13.0. The van der Waals surface area contributed by atoms with E-state index in [2.05, 4.69) is 44.0 Å². The molecule has 2 aliphatic rings. The third kappa shape index (κ3) is 10.4. The first kappa shape index (κ1) is 40.5. The van der Waals surface area contributed by atoms with Crippen molar-refractivity contribution in [2.24, 2.45) is 17.6 Å². The van der Waals surface area contributed by atoms with Crippen LogP contribution in [-0.4, -0.2) is 81.9 Å². The van der Waals surface area contributed by atoms with E-state index < -0.39 is 30.1 Å². The minimum Gasteiger partial charge on any atom is -0.464 e. The predicted octanol–water partition coefficient (Wildman–Crippen LogP) is 4.82. The van der Waals surface area contributed by atoms with E-state index in [9.17, 15) is 24.6 Å². The topological polar surface area (TPSA) is 179 Å². The molecule has 0 unspecified atom stereocenters. The number of likely N-dealkylation sites (tertiary alicyclic amines) is 1. The third-order valence-electron chi connectivity index (χ3n) is 10.7. The zero-order valence-corrected chi connectivity index (χ0v) is 32.1. The number of carbonyl (C=O) groups is 3. The molecule has 0 aliphatic carbocycles. The van der Waals surface area contributed by atoms with Gasteiger partial charge in [-0.25, -0.2) is 4.79 Å². The van der Waals surface area contributed by atoms with Crippen LogP contribution in [-0.2, 0) is 32.1 Å². The number of pyridine rings is 1. The van der Waals surface area contributed by atoms with Gasteiger partial charge in [-0.1, -0.05) is 62.4 Å². The molecule has 6 rings (SSSR count). The average Bonchev–Trinajstić information content (AvgIpc) is 3.62. The Morgan fingerprint density at radius 2 is 1.75 bits per heavy atom. The molecule has 6 atom stereocenters. The van der Waals surface area contributed by atoms with Gasteiger partial charge in [0, 0.05) is 54.7 Å². The lowest BCUT2D eigenvalue weighted by Gasteiger charge is -2.39. The summed E-state index contributed by atoms with van der Waals surface area (Å²) in [6.07, 6.45) is 4.15. The van der Waals surface area contributed by atoms with Crippen LogP contribution in [0.5, 0.6) is 0 Å². The van der Waals surface area contributed by atoms with Crippen molar-refractivity contribution < 1.29 is 29.3 Å². The molecule has 1 saturated heterocycles. The fourth-order valence-electron chi connectivity index (χ4n) is 7.88. The molecule has 0 bridgehead atoms. The zero-order chi connectivity index (χ0) is 39.6. The van der Waals surface area contributed by atoms with Gasteiger partial charge in [0.05, 0.1) is 19.3 Å². The van der Waals surface area contributed by atoms with E-state index in [1.165, 1.54) is 11.1 Å². The van der Waals surface area contributed by atoms with Crippen LogP contribution in [0.4, 0.5) is 11.4 Å². The van der Waals surface area contributed by atoms with Crippen LogP contribution in [0.25, 0.3) is 11.1 Å². The molecular weight excluding hydrogens is 709 g/mol. The third-order valence-corrected chi connectivity index (χ3v) is 10.7. The zero-order valence-electron chi connectivity index (χ0n) is 32.1. The van der Waals surface area contributed by atoms with Gasteiger partial charge in [0.15, 0.2) is 0 Å². The number of nitrogens with zero attached hydrogens (tertiary/aromatic N) is 2. The molecule has 3 heterocycles. The molecule has 12 nitrogen and oxygen atoms in total. The first-order valence-corrected chi connectivity index (χ1v) is 19.6. The van der Waals surface area contributed by atoms with E-state index in [0.717, 1.165) is 41.9 Å². The SMILES string of the molecule is CC(C)C[C@H](NC(=O)[C@@H](O)[C@H](N)Cc1ccccc1)C(=O)OCCCC(=O)Nc1cccc(-c2ccc3c(c2)[C@H]2[C@H](CCN2Cc2ccncc2)[C@@H](CO)N3)c1. The molecule has 4 aromatic rings. The second-order valence-corrected chi connectivity index (χ2v) is 15.3. The van der Waals surface area contributed by atoms with E-state index in [1.807, 2.05) is 93.0 Å². The second kappa shape index (κ2) is 19.1. The van der Waals surface area contributed by atoms with Crippen LogP contribution in [0, 0.1) is 11.8 Å². The fraction of sp³-hybridized carbons (Fsp3) is 0.409. The summed E-state index contributed by atoms with van der Waals surface area (Å²) in [5, 5.41) is 30.0. The van der Waals surface area contributed by atoms with Gasteiger partial charge in [-0.15, -0.1) is 0 Å². The summed E-state index contributed by atoms with van der Waals surface area (Å²) >= 11 is 0. The highest BCUT2D eigenvalue weighted by Gasteiger charge is 2.44. The van der Waals surface area contributed by atoms with Gasteiger partial charge in [-0.05, 0) is 102 Å². The number of carbonyl (C=O) groups excluding carboxylic acids is 3. The average molecular weight is 763 g/mol. The van der Waals surface area contributed by atoms with Crippen LogP contribution in [0.1, 0.15) is 62.3 Å². The number of hydrogen-bond acceptors (Lipinski definition) is 10. The predicted molar refractivity (Wildman–Crippen MR) is 216 cm³/mol. The van der Waals surface area contributed by atoms with Crippen LogP contribution in [0.2, 0.25) is 0 Å². The fourth-order valence-corrected chi connectivity index (χ4v) is 7.88. The van der Waals surface area contributed by atoms with Gasteiger partial charge >= 0.3 is 5.97 Å². The Bertz CT molecular complexity index is 1930. The quantitative estimate of drug-likeness (QED) is 0.0646. The number of fused-ring (bicyclic) bond motifs is 3. The van der Waals surface area contributed by atoms with Crippen LogP contribution in [0.15, 0.2) is 97.3 Å². The van der Waals surface area contributed by atoms with Gasteiger partial charge in [-0.2, -0.15) is 0 Å². The minimum absolute atomic E-state index is 0.00648. The van der Waals surface area contributed by atoms with E-state index >= 15 is 0 Å². The highest BCUT2D eigenvalue weighted by atomic mass is 16.5. The van der Waals surface area contributed by atoms with Crippen molar-refractivity contribution in [1.82, 2.24) is 15.2 Å². The molecule has 1 aromatic heterocycles. The molecule has 3 aromatic carbocycles. The summed E-state index contributed by atoms with van der Waals surface area (Å²) in [7, 11) is 0. The van der Waals surface area contributed by atoms with Gasteiger partial charge in [0.1, 0.15) is 12.1 Å². The molecule has 0 spiro atoms. The Balaban J connectivity index is 1.02. The molecule has 2 aliphatic heterocycles. The number of esters is 1. The molecule has 7 N–H and O–H groups in total. The Hall–Kier alpha value is -5.14. The number of rotatable bonds is 17. The van der Waals surface area contributed by atoms with Gasteiger partial charge < -0.3 is 36.6 Å². The van der Waals surface area contributed by atoms with Gasteiger partial charge in [0.25, 0.3) is 5.91 Å². The summed E-state index contributed by atoms with van der Waals surface area (Å²) in [4.78, 5) is 45.5. The summed E-state index contributed by atoms with van der Waals surface area (Å²) in [6, 6.07) is 25.8. The molecule has 2 amide bonds. The van der Waals surface area contributed by atoms with Gasteiger partial charge in [-0.3, -0.25) is 19.5 Å². The van der Waals surface area contributed by atoms with Crippen LogP contribution < -0.4 is 21.7 Å². The summed E-state index contributed by atoms with van der Waals surface area (Å²) in [5.41, 5.74) is 13.1. The highest BCUT2D eigenvalue weighted by Crippen LogP contribution is 2.48. The van der Waals surface area contributed by atoms with Gasteiger partial charge in [0.2, 0.25) is 5.91 Å². The Kier molecular flexibility index (Phi) is 13.8. The lowest BCUT2D eigenvalue weighted by atomic mass is 9.82. The molecule has 0 radical (unpaired) electrons. The maximum Gasteiger partial charge on any atom is 0.328 e. The highest BCUT2D eigenvalue weighted by molar-refractivity contribution is 5.91. The minimum atomic E-state index is -1.50. The monoisotopic (exact) mass is 762 g/mol. The number of anilines is 2. The normalized spacial score (nSPS) is 19.2. The number of nitrogens with two attached hydrogens (primary N) is 1. The Morgan fingerprint density at radius 3 is 2.50 bits per heavy atom. The molecule has 0 saturated carbocycles. The Labute approximate surface area is 328 Å². The van der Waals surface area contributed by atoms with Crippen molar-refractivity contribution in [3.05, 3.63) is 114 Å². The first-order chi connectivity index (χ1) is 27.1. The Morgan fingerprint density at radius 1 is 0.982 bits per heavy atom. The van der Waals surface area contributed by atoms with Crippen molar-refractivity contribution in [3.8, 4) is 11.1 Å². The lowest BCUT2D eigenvalue weighted by Crippen LogP contribution is -2.52. The largest absolute Gasteiger partial charge is 0.464 e. The van der Waals surface area contributed by atoms with E-state index in [1.54, 1.807) is 0 Å². The number of nitrogens with one attached hydrogen (secondary N) is 3. The van der Waals surface area contributed by atoms with E-state index in [4.69, 9.17) is 10.5 Å². The second-order valence-electron chi connectivity index (χ2n) is 15.3. The molecular formula is C44H54N6O6. The number of ether oxygens (including phenoxy) is 1.